The third-order valence-electron chi connectivity index (χ3n) is 6.59. The summed E-state index contributed by atoms with van der Waals surface area (Å²) in [6.45, 7) is 6.46. The monoisotopic (exact) mass is 411 g/mol. The van der Waals surface area contributed by atoms with E-state index in [9.17, 15) is 18.0 Å². The molecule has 1 saturated carbocycles. The first-order valence-electron chi connectivity index (χ1n) is 10.5. The highest BCUT2D eigenvalue weighted by molar-refractivity contribution is 5.79. The van der Waals surface area contributed by atoms with E-state index in [2.05, 4.69) is 23.6 Å². The summed E-state index contributed by atoms with van der Waals surface area (Å²) in [6, 6.07) is 5.64. The molecule has 3 rings (SSSR count). The maximum absolute atomic E-state index is 13.0. The second-order valence-electron chi connectivity index (χ2n) is 9.17. The van der Waals surface area contributed by atoms with Gasteiger partial charge in [-0.05, 0) is 55.7 Å². The molecule has 29 heavy (non-hydrogen) atoms. The molecule has 2 fully saturated rings. The summed E-state index contributed by atoms with van der Waals surface area (Å²) in [7, 11) is 2.00. The molecule has 7 heteroatoms. The molecule has 0 bridgehead atoms. The molecule has 4 nitrogen and oxygen atoms in total. The number of hydrogen-bond donors (Lipinski definition) is 1. The highest BCUT2D eigenvalue weighted by Crippen LogP contribution is 2.41. The van der Waals surface area contributed by atoms with Crippen molar-refractivity contribution in [3.8, 4) is 0 Å². The van der Waals surface area contributed by atoms with Gasteiger partial charge < -0.3 is 5.73 Å². The first kappa shape index (κ1) is 22.1. The first-order chi connectivity index (χ1) is 13.6. The first-order valence-corrected chi connectivity index (χ1v) is 10.5. The molecule has 2 aliphatic rings. The molecule has 4 atom stereocenters. The molecule has 0 spiro atoms. The van der Waals surface area contributed by atoms with Crippen LogP contribution in [0.4, 0.5) is 13.2 Å². The van der Waals surface area contributed by atoms with E-state index in [4.69, 9.17) is 5.73 Å². The van der Waals surface area contributed by atoms with Crippen LogP contribution in [0.15, 0.2) is 24.3 Å². The van der Waals surface area contributed by atoms with Crippen molar-refractivity contribution in [1.82, 2.24) is 9.80 Å². The van der Waals surface area contributed by atoms with Crippen molar-refractivity contribution in [1.29, 1.82) is 0 Å². The van der Waals surface area contributed by atoms with Crippen molar-refractivity contribution < 1.29 is 18.0 Å². The number of halogens is 3. The summed E-state index contributed by atoms with van der Waals surface area (Å²) < 4.78 is 39.0. The molecule has 0 radical (unpaired) electrons. The quantitative estimate of drug-likeness (QED) is 0.744. The smallest absolute Gasteiger partial charge is 0.368 e. The Morgan fingerprint density at radius 1 is 1.28 bits per heavy atom. The fourth-order valence-electron chi connectivity index (χ4n) is 5.23. The minimum absolute atomic E-state index is 0.267. The van der Waals surface area contributed by atoms with Gasteiger partial charge in [-0.15, -0.1) is 0 Å². The van der Waals surface area contributed by atoms with Crippen LogP contribution in [0.2, 0.25) is 0 Å². The van der Waals surface area contributed by atoms with Crippen LogP contribution in [0.5, 0.6) is 0 Å². The van der Waals surface area contributed by atoms with Gasteiger partial charge in [-0.25, -0.2) is 0 Å². The molecular formula is C22H32F3N3O. The molecule has 0 aromatic heterocycles. The molecule has 1 aliphatic heterocycles. The van der Waals surface area contributed by atoms with Gasteiger partial charge in [0.05, 0.1) is 11.6 Å². The molecule has 2 N–H and O–H groups in total. The number of fused-ring (bicyclic) bond motifs is 1. The molecule has 1 aromatic rings. The predicted octanol–water partition coefficient (Wildman–Crippen LogP) is 3.75. The van der Waals surface area contributed by atoms with Gasteiger partial charge in [0.2, 0.25) is 5.91 Å². The normalized spacial score (nSPS) is 26.3. The summed E-state index contributed by atoms with van der Waals surface area (Å²) in [5.41, 5.74) is 5.79. The molecule has 1 heterocycles. The minimum Gasteiger partial charge on any atom is -0.368 e. The van der Waals surface area contributed by atoms with Crippen molar-refractivity contribution in [3.63, 3.8) is 0 Å². The Bertz CT molecular complexity index is 721. The number of carbonyl (C=O) groups is 1. The van der Waals surface area contributed by atoms with Crippen LogP contribution in [0.1, 0.15) is 44.2 Å². The Labute approximate surface area is 171 Å². The fourth-order valence-corrected chi connectivity index (χ4v) is 5.23. The molecular weight excluding hydrogens is 379 g/mol. The number of carbonyl (C=O) groups excluding carboxylic acids is 1. The van der Waals surface area contributed by atoms with Gasteiger partial charge in [-0.3, -0.25) is 14.6 Å². The van der Waals surface area contributed by atoms with Crippen LogP contribution >= 0.6 is 0 Å². The Morgan fingerprint density at radius 3 is 2.62 bits per heavy atom. The van der Waals surface area contributed by atoms with E-state index in [1.807, 2.05) is 7.05 Å². The minimum atomic E-state index is -4.31. The maximum Gasteiger partial charge on any atom is 0.416 e. The average molecular weight is 412 g/mol. The second kappa shape index (κ2) is 8.64. The number of benzene rings is 1. The van der Waals surface area contributed by atoms with E-state index in [1.165, 1.54) is 12.1 Å². The zero-order valence-corrected chi connectivity index (χ0v) is 17.5. The lowest BCUT2D eigenvalue weighted by molar-refractivity contribution is -0.137. The number of primary amides is 1. The SMILES string of the molecule is CC(C)C[C@@H](C(N)=O)N(C)[C@@H]1CC[C@H]2CN(Cc3cccc(C(F)(F)F)c3)C[C@H]21. The number of nitrogens with zero attached hydrogens (tertiary/aromatic N) is 2. The van der Waals surface area contributed by atoms with Crippen LogP contribution < -0.4 is 5.73 Å². The van der Waals surface area contributed by atoms with Gasteiger partial charge in [0.25, 0.3) is 0 Å². The molecule has 1 amide bonds. The van der Waals surface area contributed by atoms with Crippen molar-refractivity contribution in [3.05, 3.63) is 35.4 Å². The van der Waals surface area contributed by atoms with E-state index < -0.39 is 11.7 Å². The van der Waals surface area contributed by atoms with Crippen LogP contribution in [0, 0.1) is 17.8 Å². The van der Waals surface area contributed by atoms with Gasteiger partial charge in [0, 0.05) is 25.7 Å². The Balaban J connectivity index is 1.66. The number of hydrogen-bond acceptors (Lipinski definition) is 3. The summed E-state index contributed by atoms with van der Waals surface area (Å²) >= 11 is 0. The second-order valence-corrected chi connectivity index (χ2v) is 9.17. The number of likely N-dealkylation sites (N-methyl/N-ethyl adjacent to an activating group) is 1. The standard InChI is InChI=1S/C22H32F3N3O/c1-14(2)9-20(21(26)29)27(3)19-8-7-16-12-28(13-18(16)19)11-15-5-4-6-17(10-15)22(23,24)25/h4-6,10,14,16,18-20H,7-9,11-13H2,1-3H3,(H2,26,29)/t16-,18+,19+,20-/m0/s1. The third kappa shape index (κ3) is 5.12. The number of rotatable bonds is 7. The van der Waals surface area contributed by atoms with Crippen LogP contribution in [0.25, 0.3) is 0 Å². The molecule has 1 aliphatic carbocycles. The van der Waals surface area contributed by atoms with E-state index in [1.54, 1.807) is 6.07 Å². The topological polar surface area (TPSA) is 49.6 Å². The lowest BCUT2D eigenvalue weighted by atomic mass is 9.94. The maximum atomic E-state index is 13.0. The number of nitrogens with two attached hydrogens (primary N) is 1. The lowest BCUT2D eigenvalue weighted by Crippen LogP contribution is -2.50. The number of alkyl halides is 3. The largest absolute Gasteiger partial charge is 0.416 e. The average Bonchev–Trinajstić information content (AvgIpc) is 3.18. The van der Waals surface area contributed by atoms with Crippen molar-refractivity contribution in [2.75, 3.05) is 20.1 Å². The van der Waals surface area contributed by atoms with Crippen LogP contribution in [-0.4, -0.2) is 47.9 Å². The van der Waals surface area contributed by atoms with Gasteiger partial charge in [0.1, 0.15) is 0 Å². The molecule has 1 saturated heterocycles. The summed E-state index contributed by atoms with van der Waals surface area (Å²) in [5, 5.41) is 0. The van der Waals surface area contributed by atoms with Crippen LogP contribution in [0.3, 0.4) is 0 Å². The van der Waals surface area contributed by atoms with Gasteiger partial charge in [-0.1, -0.05) is 32.0 Å². The summed E-state index contributed by atoms with van der Waals surface area (Å²) in [5.74, 6) is 1.07. The van der Waals surface area contributed by atoms with Gasteiger partial charge >= 0.3 is 6.18 Å². The number of amides is 1. The summed E-state index contributed by atoms with van der Waals surface area (Å²) in [6.07, 6.45) is -1.43. The third-order valence-corrected chi connectivity index (χ3v) is 6.59. The Morgan fingerprint density at radius 2 is 2.00 bits per heavy atom. The van der Waals surface area contributed by atoms with Gasteiger partial charge in [0.15, 0.2) is 0 Å². The molecule has 162 valence electrons. The van der Waals surface area contributed by atoms with Crippen LogP contribution in [-0.2, 0) is 17.5 Å². The van der Waals surface area contributed by atoms with Crippen molar-refractivity contribution in [2.45, 2.75) is 57.9 Å². The summed E-state index contributed by atoms with van der Waals surface area (Å²) in [4.78, 5) is 16.4. The zero-order chi connectivity index (χ0) is 21.3. The fraction of sp³-hybridized carbons (Fsp3) is 0.682. The van der Waals surface area contributed by atoms with Gasteiger partial charge in [-0.2, -0.15) is 13.2 Å². The number of likely N-dealkylation sites (tertiary alicyclic amines) is 1. The van der Waals surface area contributed by atoms with E-state index in [0.29, 0.717) is 35.9 Å². The predicted molar refractivity (Wildman–Crippen MR) is 107 cm³/mol. The Kier molecular flexibility index (Phi) is 6.58. The lowest BCUT2D eigenvalue weighted by Gasteiger charge is -2.35. The van der Waals surface area contributed by atoms with Crippen molar-refractivity contribution in [2.24, 2.45) is 23.5 Å². The zero-order valence-electron chi connectivity index (χ0n) is 17.5. The van der Waals surface area contributed by atoms with Crippen molar-refractivity contribution >= 4 is 5.91 Å². The van der Waals surface area contributed by atoms with E-state index in [-0.39, 0.29) is 11.9 Å². The highest BCUT2D eigenvalue weighted by Gasteiger charge is 2.45. The highest BCUT2D eigenvalue weighted by atomic mass is 19.4. The van der Waals surface area contributed by atoms with E-state index >= 15 is 0 Å². The molecule has 1 aromatic carbocycles. The van der Waals surface area contributed by atoms with E-state index in [0.717, 1.165) is 38.4 Å². The molecule has 0 unspecified atom stereocenters. The Hall–Kier alpha value is -1.60.